The molecule has 5 nitrogen and oxygen atoms in total. The number of aliphatic hydroxyl groups excluding tert-OH is 1. The van der Waals surface area contributed by atoms with Gasteiger partial charge in [-0.15, -0.1) is 0 Å². The average molecular weight is 380 g/mol. The van der Waals surface area contributed by atoms with Gasteiger partial charge in [0, 0.05) is 12.0 Å². The van der Waals surface area contributed by atoms with Gasteiger partial charge in [-0.25, -0.2) is 0 Å². The predicted octanol–water partition coefficient (Wildman–Crippen LogP) is 3.51. The summed E-state index contributed by atoms with van der Waals surface area (Å²) in [5, 5.41) is 21.8. The zero-order chi connectivity index (χ0) is 17.9. The Hall–Kier alpha value is -1.83. The summed E-state index contributed by atoms with van der Waals surface area (Å²) in [4.78, 5) is 0. The zero-order valence-corrected chi connectivity index (χ0v) is 13.9. The summed E-state index contributed by atoms with van der Waals surface area (Å²) in [7, 11) is 1.29. The SMILES string of the molecule is COc1cc(C(O)Cc2c(Cl)c[n+]([O-])cc2Cl)ccc1OC(F)F. The minimum absolute atomic E-state index is 0.0245. The Labute approximate surface area is 146 Å². The molecule has 0 aliphatic rings. The smallest absolute Gasteiger partial charge is 0.387 e. The van der Waals surface area contributed by atoms with Crippen LogP contribution in [0.4, 0.5) is 8.78 Å². The van der Waals surface area contributed by atoms with Gasteiger partial charge in [0.15, 0.2) is 23.9 Å². The largest absolute Gasteiger partial charge is 0.619 e. The summed E-state index contributed by atoms with van der Waals surface area (Å²) in [5.41, 5.74) is 0.782. The number of rotatable bonds is 6. The van der Waals surface area contributed by atoms with Crippen LogP contribution in [-0.2, 0) is 6.42 Å². The molecule has 0 fully saturated rings. The standard InChI is InChI=1S/C15H13Cl2F2NO4/c1-23-14-4-8(2-3-13(14)24-15(18)19)12(21)5-9-10(16)6-20(22)7-11(9)17/h2-4,6-7,12,15,21H,5H2,1H3. The zero-order valence-electron chi connectivity index (χ0n) is 12.4. The van der Waals surface area contributed by atoms with Gasteiger partial charge in [-0.3, -0.25) is 0 Å². The summed E-state index contributed by atoms with van der Waals surface area (Å²) >= 11 is 11.9. The van der Waals surface area contributed by atoms with Crippen molar-refractivity contribution in [2.24, 2.45) is 0 Å². The van der Waals surface area contributed by atoms with Gasteiger partial charge in [0.1, 0.15) is 10.0 Å². The van der Waals surface area contributed by atoms with Crippen molar-refractivity contribution in [2.75, 3.05) is 7.11 Å². The second kappa shape index (κ2) is 7.83. The summed E-state index contributed by atoms with van der Waals surface area (Å²) in [6, 6.07) is 4.06. The van der Waals surface area contributed by atoms with E-state index in [0.29, 0.717) is 15.9 Å². The fourth-order valence-corrected chi connectivity index (χ4v) is 2.72. The summed E-state index contributed by atoms with van der Waals surface area (Å²) in [6.07, 6.45) is 1.22. The highest BCUT2D eigenvalue weighted by molar-refractivity contribution is 6.35. The molecule has 0 bridgehead atoms. The fraction of sp³-hybridized carbons (Fsp3) is 0.267. The number of aliphatic hydroxyl groups is 1. The quantitative estimate of drug-likeness (QED) is 0.615. The van der Waals surface area contributed by atoms with E-state index in [4.69, 9.17) is 27.9 Å². The number of alkyl halides is 2. The van der Waals surface area contributed by atoms with Gasteiger partial charge in [0.2, 0.25) is 0 Å². The van der Waals surface area contributed by atoms with E-state index in [-0.39, 0.29) is 28.0 Å². The molecule has 24 heavy (non-hydrogen) atoms. The Kier molecular flexibility index (Phi) is 6.04. The Bertz CT molecular complexity index is 708. The number of nitrogens with zero attached hydrogens (tertiary/aromatic N) is 1. The number of halogens is 4. The Balaban J connectivity index is 2.25. The van der Waals surface area contributed by atoms with E-state index in [1.54, 1.807) is 0 Å². The molecule has 0 saturated heterocycles. The summed E-state index contributed by atoms with van der Waals surface area (Å²) in [5.74, 6) is -0.0962. The second-order valence-corrected chi connectivity index (χ2v) is 5.62. The van der Waals surface area contributed by atoms with Crippen molar-refractivity contribution in [2.45, 2.75) is 19.1 Å². The lowest BCUT2D eigenvalue weighted by Crippen LogP contribution is -2.25. The van der Waals surface area contributed by atoms with E-state index < -0.39 is 12.7 Å². The fourth-order valence-electron chi connectivity index (χ4n) is 2.12. The normalized spacial score (nSPS) is 12.3. The molecule has 0 amide bonds. The van der Waals surface area contributed by atoms with Crippen LogP contribution in [0.15, 0.2) is 30.6 Å². The number of benzene rings is 1. The highest BCUT2D eigenvalue weighted by Gasteiger charge is 2.19. The van der Waals surface area contributed by atoms with E-state index in [1.807, 2.05) is 0 Å². The van der Waals surface area contributed by atoms with Crippen molar-refractivity contribution in [3.63, 3.8) is 0 Å². The number of hydrogen-bond acceptors (Lipinski definition) is 4. The minimum Gasteiger partial charge on any atom is -0.619 e. The third kappa shape index (κ3) is 4.37. The van der Waals surface area contributed by atoms with Gasteiger partial charge in [-0.05, 0) is 17.7 Å². The van der Waals surface area contributed by atoms with Crippen LogP contribution in [0.1, 0.15) is 17.2 Å². The van der Waals surface area contributed by atoms with Crippen molar-refractivity contribution >= 4 is 23.2 Å². The maximum absolute atomic E-state index is 12.3. The molecule has 1 atom stereocenters. The molecule has 0 saturated carbocycles. The minimum atomic E-state index is -2.99. The Morgan fingerprint density at radius 2 is 1.83 bits per heavy atom. The van der Waals surface area contributed by atoms with E-state index in [9.17, 15) is 19.1 Å². The first-order chi connectivity index (χ1) is 11.3. The number of pyridine rings is 1. The van der Waals surface area contributed by atoms with Crippen LogP contribution >= 0.6 is 23.2 Å². The average Bonchev–Trinajstić information content (AvgIpc) is 2.50. The van der Waals surface area contributed by atoms with Gasteiger partial charge in [0.25, 0.3) is 0 Å². The van der Waals surface area contributed by atoms with Gasteiger partial charge in [-0.1, -0.05) is 29.3 Å². The van der Waals surface area contributed by atoms with Gasteiger partial charge in [0.05, 0.1) is 13.2 Å². The van der Waals surface area contributed by atoms with Crippen molar-refractivity contribution < 1.29 is 28.1 Å². The van der Waals surface area contributed by atoms with E-state index in [1.165, 1.54) is 25.3 Å². The second-order valence-electron chi connectivity index (χ2n) is 4.80. The van der Waals surface area contributed by atoms with Crippen LogP contribution in [0.3, 0.4) is 0 Å². The van der Waals surface area contributed by atoms with Crippen LogP contribution in [0.2, 0.25) is 10.0 Å². The molecule has 1 unspecified atom stereocenters. The van der Waals surface area contributed by atoms with Crippen LogP contribution < -0.4 is 14.2 Å². The number of hydrogen-bond donors (Lipinski definition) is 1. The van der Waals surface area contributed by atoms with Crippen LogP contribution in [0.5, 0.6) is 11.5 Å². The van der Waals surface area contributed by atoms with Crippen molar-refractivity contribution in [1.82, 2.24) is 0 Å². The molecule has 1 heterocycles. The maximum atomic E-state index is 12.3. The molecule has 1 N–H and O–H groups in total. The molecule has 0 aliphatic heterocycles. The monoisotopic (exact) mass is 379 g/mol. The number of methoxy groups -OCH3 is 1. The van der Waals surface area contributed by atoms with Crippen molar-refractivity contribution in [3.05, 3.63) is 57.0 Å². The highest BCUT2D eigenvalue weighted by atomic mass is 35.5. The molecule has 130 valence electrons. The summed E-state index contributed by atoms with van der Waals surface area (Å²) < 4.78 is 34.4. The molecule has 9 heteroatoms. The molecule has 1 aromatic carbocycles. The first-order valence-corrected chi connectivity index (χ1v) is 7.45. The lowest BCUT2D eigenvalue weighted by atomic mass is 10.0. The van der Waals surface area contributed by atoms with Gasteiger partial charge >= 0.3 is 6.61 Å². The third-order valence-electron chi connectivity index (χ3n) is 3.24. The summed E-state index contributed by atoms with van der Waals surface area (Å²) in [6.45, 7) is -2.99. The number of aromatic nitrogens is 1. The van der Waals surface area contributed by atoms with Crippen molar-refractivity contribution in [3.8, 4) is 11.5 Å². The van der Waals surface area contributed by atoms with E-state index in [0.717, 1.165) is 12.4 Å². The Morgan fingerprint density at radius 3 is 2.38 bits per heavy atom. The molecule has 2 rings (SSSR count). The van der Waals surface area contributed by atoms with Crippen molar-refractivity contribution in [1.29, 1.82) is 0 Å². The van der Waals surface area contributed by atoms with Crippen LogP contribution in [0.25, 0.3) is 0 Å². The molecule has 0 aliphatic carbocycles. The highest BCUT2D eigenvalue weighted by Crippen LogP contribution is 2.34. The molecular formula is C15H13Cl2F2NO4. The van der Waals surface area contributed by atoms with Gasteiger partial charge < -0.3 is 19.8 Å². The molecule has 1 aromatic heterocycles. The molecule has 0 radical (unpaired) electrons. The molecule has 2 aromatic rings. The van der Waals surface area contributed by atoms with Gasteiger partial charge in [-0.2, -0.15) is 13.5 Å². The van der Waals surface area contributed by atoms with E-state index >= 15 is 0 Å². The van der Waals surface area contributed by atoms with Crippen LogP contribution in [0, 0.1) is 5.21 Å². The molecular weight excluding hydrogens is 367 g/mol. The Morgan fingerprint density at radius 1 is 1.21 bits per heavy atom. The van der Waals surface area contributed by atoms with E-state index in [2.05, 4.69) is 4.74 Å². The first kappa shape index (κ1) is 18.5. The lowest BCUT2D eigenvalue weighted by molar-refractivity contribution is -0.605. The van der Waals surface area contributed by atoms with Crippen LogP contribution in [-0.4, -0.2) is 18.8 Å². The lowest BCUT2D eigenvalue weighted by Gasteiger charge is -2.16. The topological polar surface area (TPSA) is 65.6 Å². The number of ether oxygens (including phenoxy) is 2. The maximum Gasteiger partial charge on any atom is 0.387 e. The third-order valence-corrected chi connectivity index (χ3v) is 3.90. The first-order valence-electron chi connectivity index (χ1n) is 6.69. The predicted molar refractivity (Wildman–Crippen MR) is 83.7 cm³/mol. The molecule has 0 spiro atoms.